The van der Waals surface area contributed by atoms with E-state index in [9.17, 15) is 4.79 Å². The first-order valence-electron chi connectivity index (χ1n) is 8.30. The normalized spacial score (nSPS) is 32.6. The molecule has 0 aromatic heterocycles. The van der Waals surface area contributed by atoms with Gasteiger partial charge in [-0.3, -0.25) is 4.79 Å². The van der Waals surface area contributed by atoms with Crippen LogP contribution in [0.4, 0.5) is 0 Å². The van der Waals surface area contributed by atoms with Gasteiger partial charge >= 0.3 is 0 Å². The number of hydrogen-bond donors (Lipinski definition) is 1. The van der Waals surface area contributed by atoms with Crippen molar-refractivity contribution in [3.8, 4) is 0 Å². The fourth-order valence-corrected chi connectivity index (χ4v) is 3.69. The Morgan fingerprint density at radius 2 is 2.05 bits per heavy atom. The van der Waals surface area contributed by atoms with Crippen LogP contribution < -0.4 is 5.32 Å². The number of nitrogens with one attached hydrogen (secondary N) is 1. The topological polar surface area (TPSA) is 32.3 Å². The van der Waals surface area contributed by atoms with Crippen molar-refractivity contribution in [2.45, 2.75) is 77.3 Å². The van der Waals surface area contributed by atoms with E-state index in [0.717, 1.165) is 31.8 Å². The first kappa shape index (κ1) is 14.8. The molecular weight excluding hydrogens is 236 g/mol. The summed E-state index contributed by atoms with van der Waals surface area (Å²) in [6.07, 6.45) is 9.71. The summed E-state index contributed by atoms with van der Waals surface area (Å²) < 4.78 is 0. The number of amides is 1. The van der Waals surface area contributed by atoms with E-state index in [4.69, 9.17) is 0 Å². The molecular formula is C16H30N2O. The maximum absolute atomic E-state index is 12.6. The predicted octanol–water partition coefficient (Wildman–Crippen LogP) is 2.95. The van der Waals surface area contributed by atoms with Crippen molar-refractivity contribution < 1.29 is 4.79 Å². The van der Waals surface area contributed by atoms with Crippen LogP contribution >= 0.6 is 0 Å². The summed E-state index contributed by atoms with van der Waals surface area (Å²) >= 11 is 0. The van der Waals surface area contributed by atoms with Gasteiger partial charge in [0, 0.05) is 12.6 Å². The molecule has 110 valence electrons. The van der Waals surface area contributed by atoms with Gasteiger partial charge in [-0.1, -0.05) is 33.1 Å². The molecule has 1 saturated carbocycles. The van der Waals surface area contributed by atoms with E-state index in [2.05, 4.69) is 24.1 Å². The molecule has 1 amide bonds. The fourth-order valence-electron chi connectivity index (χ4n) is 3.69. The van der Waals surface area contributed by atoms with Crippen molar-refractivity contribution in [1.82, 2.24) is 10.2 Å². The van der Waals surface area contributed by atoms with Crippen LogP contribution in [0.25, 0.3) is 0 Å². The maximum Gasteiger partial charge on any atom is 0.239 e. The van der Waals surface area contributed by atoms with E-state index in [1.165, 1.54) is 38.5 Å². The smallest absolute Gasteiger partial charge is 0.239 e. The highest BCUT2D eigenvalue weighted by Gasteiger charge is 2.34. The predicted molar refractivity (Wildman–Crippen MR) is 79.1 cm³/mol. The highest BCUT2D eigenvalue weighted by molar-refractivity contribution is 5.83. The molecule has 1 saturated heterocycles. The van der Waals surface area contributed by atoms with Crippen molar-refractivity contribution in [1.29, 1.82) is 0 Å². The quantitative estimate of drug-likeness (QED) is 0.830. The lowest BCUT2D eigenvalue weighted by Crippen LogP contribution is -2.55. The Balaban J connectivity index is 1.92. The lowest BCUT2D eigenvalue weighted by Gasteiger charge is -2.41. The summed E-state index contributed by atoms with van der Waals surface area (Å²) in [5, 5.41) is 3.42. The molecule has 1 aliphatic carbocycles. The van der Waals surface area contributed by atoms with Gasteiger partial charge in [-0.15, -0.1) is 0 Å². The zero-order valence-electron chi connectivity index (χ0n) is 12.7. The SMILES string of the molecule is CCCNC1CCCN(C2CCCC(CC)C2)C1=O. The van der Waals surface area contributed by atoms with Crippen LogP contribution in [-0.2, 0) is 4.79 Å². The second-order valence-corrected chi connectivity index (χ2v) is 6.28. The van der Waals surface area contributed by atoms with Crippen molar-refractivity contribution in [2.75, 3.05) is 13.1 Å². The second-order valence-electron chi connectivity index (χ2n) is 6.28. The molecule has 2 aliphatic rings. The fraction of sp³-hybridized carbons (Fsp3) is 0.938. The van der Waals surface area contributed by atoms with Gasteiger partial charge in [0.15, 0.2) is 0 Å². The zero-order chi connectivity index (χ0) is 13.7. The molecule has 0 radical (unpaired) electrons. The van der Waals surface area contributed by atoms with Gasteiger partial charge in [0.2, 0.25) is 5.91 Å². The molecule has 3 unspecified atom stereocenters. The summed E-state index contributed by atoms with van der Waals surface area (Å²) in [5.74, 6) is 1.22. The van der Waals surface area contributed by atoms with Gasteiger partial charge in [-0.05, 0) is 44.6 Å². The molecule has 0 aromatic carbocycles. The minimum Gasteiger partial charge on any atom is -0.338 e. The lowest BCUT2D eigenvalue weighted by molar-refractivity contribution is -0.139. The molecule has 19 heavy (non-hydrogen) atoms. The average molecular weight is 266 g/mol. The van der Waals surface area contributed by atoms with Crippen LogP contribution in [0.3, 0.4) is 0 Å². The summed E-state index contributed by atoms with van der Waals surface area (Å²) in [7, 11) is 0. The number of carbonyl (C=O) groups is 1. The monoisotopic (exact) mass is 266 g/mol. The highest BCUT2D eigenvalue weighted by Crippen LogP contribution is 2.31. The van der Waals surface area contributed by atoms with Crippen molar-refractivity contribution in [3.63, 3.8) is 0 Å². The number of piperidine rings is 1. The number of hydrogen-bond acceptors (Lipinski definition) is 2. The van der Waals surface area contributed by atoms with Crippen molar-refractivity contribution in [3.05, 3.63) is 0 Å². The zero-order valence-corrected chi connectivity index (χ0v) is 12.7. The Kier molecular flexibility index (Phi) is 5.68. The lowest BCUT2D eigenvalue weighted by atomic mass is 9.82. The van der Waals surface area contributed by atoms with E-state index in [1.54, 1.807) is 0 Å². The third kappa shape index (κ3) is 3.71. The maximum atomic E-state index is 12.6. The third-order valence-electron chi connectivity index (χ3n) is 4.89. The second kappa shape index (κ2) is 7.28. The summed E-state index contributed by atoms with van der Waals surface area (Å²) in [5.41, 5.74) is 0. The molecule has 2 rings (SSSR count). The van der Waals surface area contributed by atoms with Gasteiger partial charge < -0.3 is 10.2 Å². The molecule has 3 heteroatoms. The Labute approximate surface area is 118 Å². The molecule has 3 nitrogen and oxygen atoms in total. The van der Waals surface area contributed by atoms with Crippen LogP contribution in [-0.4, -0.2) is 36.0 Å². The van der Waals surface area contributed by atoms with Gasteiger partial charge in [-0.2, -0.15) is 0 Å². The van der Waals surface area contributed by atoms with Gasteiger partial charge in [0.05, 0.1) is 6.04 Å². The first-order chi connectivity index (χ1) is 9.26. The molecule has 0 spiro atoms. The highest BCUT2D eigenvalue weighted by atomic mass is 16.2. The van der Waals surface area contributed by atoms with E-state index in [0.29, 0.717) is 11.9 Å². The number of nitrogens with zero attached hydrogens (tertiary/aromatic N) is 1. The molecule has 1 N–H and O–H groups in total. The Morgan fingerprint density at radius 3 is 2.79 bits per heavy atom. The Bertz CT molecular complexity index is 292. The number of likely N-dealkylation sites (tertiary alicyclic amines) is 1. The van der Waals surface area contributed by atoms with E-state index >= 15 is 0 Å². The molecule has 3 atom stereocenters. The standard InChI is InChI=1S/C16H30N2O/c1-3-10-17-15-9-6-11-18(16(15)19)14-8-5-7-13(4-2)12-14/h13-15,17H,3-12H2,1-2H3. The minimum atomic E-state index is 0.0932. The number of carbonyl (C=O) groups excluding carboxylic acids is 1. The molecule has 1 heterocycles. The van der Waals surface area contributed by atoms with E-state index < -0.39 is 0 Å². The molecule has 0 aromatic rings. The summed E-state index contributed by atoms with van der Waals surface area (Å²) in [6.45, 7) is 6.40. The van der Waals surface area contributed by atoms with Crippen molar-refractivity contribution >= 4 is 5.91 Å². The third-order valence-corrected chi connectivity index (χ3v) is 4.89. The molecule has 0 bridgehead atoms. The van der Waals surface area contributed by atoms with Crippen molar-refractivity contribution in [2.24, 2.45) is 5.92 Å². The minimum absolute atomic E-state index is 0.0932. The van der Waals surface area contributed by atoms with E-state index in [1.807, 2.05) is 0 Å². The van der Waals surface area contributed by atoms with Gasteiger partial charge in [0.25, 0.3) is 0 Å². The average Bonchev–Trinajstić information content (AvgIpc) is 2.46. The molecule has 2 fully saturated rings. The number of rotatable bonds is 5. The summed E-state index contributed by atoms with van der Waals surface area (Å²) in [6, 6.07) is 0.619. The Morgan fingerprint density at radius 1 is 1.21 bits per heavy atom. The Hall–Kier alpha value is -0.570. The summed E-state index contributed by atoms with van der Waals surface area (Å²) in [4.78, 5) is 14.8. The molecule has 1 aliphatic heterocycles. The van der Waals surface area contributed by atoms with Crippen LogP contribution in [0, 0.1) is 5.92 Å². The van der Waals surface area contributed by atoms with Gasteiger partial charge in [0.1, 0.15) is 0 Å². The van der Waals surface area contributed by atoms with Gasteiger partial charge in [-0.25, -0.2) is 0 Å². The van der Waals surface area contributed by atoms with Crippen LogP contribution in [0.5, 0.6) is 0 Å². The van der Waals surface area contributed by atoms with Crippen LogP contribution in [0.1, 0.15) is 65.2 Å². The first-order valence-corrected chi connectivity index (χ1v) is 8.30. The van der Waals surface area contributed by atoms with Crippen LogP contribution in [0.15, 0.2) is 0 Å². The van der Waals surface area contributed by atoms with Crippen LogP contribution in [0.2, 0.25) is 0 Å². The largest absolute Gasteiger partial charge is 0.338 e. The van der Waals surface area contributed by atoms with E-state index in [-0.39, 0.29) is 6.04 Å².